The highest BCUT2D eigenvalue weighted by molar-refractivity contribution is 14.1. The largest absolute Gasteiger partial charge is 0.208 e. The SMILES string of the molecule is C[C@H]1C[C@H]2C[C@@H](I)CC(c3ccc4c(c3)sc3ccc(-c5cccc(-c6nc(-c7ccccc7)nc(-c7ccc(C#N)cc7)n6)c5)cc34)(C1)C2. The van der Waals surface area contributed by atoms with Gasteiger partial charge in [-0.15, -0.1) is 11.3 Å². The first kappa shape index (κ1) is 31.5. The van der Waals surface area contributed by atoms with E-state index in [1.807, 2.05) is 53.8 Å². The Balaban J connectivity index is 1.09. The number of rotatable bonds is 5. The molecule has 2 fully saturated rings. The lowest BCUT2D eigenvalue weighted by Crippen LogP contribution is -2.43. The summed E-state index contributed by atoms with van der Waals surface area (Å²) in [5.41, 5.74) is 7.49. The van der Waals surface area contributed by atoms with Gasteiger partial charge in [0.25, 0.3) is 0 Å². The number of nitrogens with zero attached hydrogens (tertiary/aromatic N) is 4. The molecule has 244 valence electrons. The molecule has 50 heavy (non-hydrogen) atoms. The zero-order valence-electron chi connectivity index (χ0n) is 27.8. The van der Waals surface area contributed by atoms with Gasteiger partial charge in [-0.1, -0.05) is 96.2 Å². The van der Waals surface area contributed by atoms with Crippen LogP contribution in [0, 0.1) is 23.2 Å². The Morgan fingerprint density at radius 1 is 0.640 bits per heavy atom. The molecule has 2 aliphatic rings. The van der Waals surface area contributed by atoms with Crippen molar-refractivity contribution < 1.29 is 0 Å². The molecule has 4 atom stereocenters. The van der Waals surface area contributed by atoms with E-state index in [2.05, 4.69) is 96.2 Å². The van der Waals surface area contributed by atoms with E-state index >= 15 is 0 Å². The van der Waals surface area contributed by atoms with Crippen molar-refractivity contribution in [2.24, 2.45) is 11.8 Å². The molecule has 1 unspecified atom stereocenters. The van der Waals surface area contributed by atoms with Gasteiger partial charge in [-0.25, -0.2) is 15.0 Å². The van der Waals surface area contributed by atoms with Crippen LogP contribution in [-0.2, 0) is 5.41 Å². The van der Waals surface area contributed by atoms with Crippen molar-refractivity contribution >= 4 is 54.1 Å². The maximum Gasteiger partial charge on any atom is 0.164 e. The van der Waals surface area contributed by atoms with Crippen molar-refractivity contribution in [1.29, 1.82) is 5.26 Å². The molecular formula is C44H35IN4S. The zero-order chi connectivity index (χ0) is 33.8. The van der Waals surface area contributed by atoms with Gasteiger partial charge in [0, 0.05) is 40.8 Å². The second kappa shape index (κ2) is 12.7. The van der Waals surface area contributed by atoms with Gasteiger partial charge in [0.05, 0.1) is 11.6 Å². The van der Waals surface area contributed by atoms with Crippen LogP contribution >= 0.6 is 33.9 Å². The Morgan fingerprint density at radius 3 is 2.10 bits per heavy atom. The van der Waals surface area contributed by atoms with Crippen LogP contribution < -0.4 is 0 Å². The Hall–Kier alpha value is -4.45. The van der Waals surface area contributed by atoms with Crippen molar-refractivity contribution in [3.8, 4) is 51.4 Å². The van der Waals surface area contributed by atoms with E-state index in [9.17, 15) is 5.26 Å². The standard InChI is InChI=1S/C44H35IN4S/c1-27-18-29-19-36(45)25-44(23-27,24-29)35-15-16-37-38-21-33(14-17-39(38)50-40(37)22-35)32-8-5-9-34(20-32)43-48-41(30-6-3-2-4-7-30)47-42(49-43)31-12-10-28(26-46)11-13-31/h2-17,20-22,27,29,36H,18-19,23-25H2,1H3/t27-,29-,36+,44?/m0/s1. The monoisotopic (exact) mass is 778 g/mol. The minimum Gasteiger partial charge on any atom is -0.208 e. The van der Waals surface area contributed by atoms with Crippen LogP contribution in [0.15, 0.2) is 115 Å². The first-order valence-corrected chi connectivity index (χ1v) is 19.5. The zero-order valence-corrected chi connectivity index (χ0v) is 30.8. The van der Waals surface area contributed by atoms with Gasteiger partial charge in [0.2, 0.25) is 0 Å². The highest BCUT2D eigenvalue weighted by atomic mass is 127. The summed E-state index contributed by atoms with van der Waals surface area (Å²) in [5.74, 6) is 3.49. The molecule has 7 aromatic rings. The molecule has 2 aliphatic carbocycles. The topological polar surface area (TPSA) is 62.5 Å². The molecule has 2 saturated carbocycles. The number of thiophene rings is 1. The predicted octanol–water partition coefficient (Wildman–Crippen LogP) is 12.1. The highest BCUT2D eigenvalue weighted by Crippen LogP contribution is 2.54. The number of alkyl halides is 1. The van der Waals surface area contributed by atoms with Gasteiger partial charge in [0.15, 0.2) is 17.5 Å². The lowest BCUT2D eigenvalue weighted by Gasteiger charge is -2.50. The van der Waals surface area contributed by atoms with E-state index < -0.39 is 0 Å². The molecule has 6 heteroatoms. The van der Waals surface area contributed by atoms with E-state index in [1.165, 1.54) is 57.8 Å². The van der Waals surface area contributed by atoms with Gasteiger partial charge < -0.3 is 0 Å². The average Bonchev–Trinajstić information content (AvgIpc) is 3.52. The molecule has 0 saturated heterocycles. The van der Waals surface area contributed by atoms with Gasteiger partial charge >= 0.3 is 0 Å². The Bertz CT molecular complexity index is 2410. The number of nitriles is 1. The molecule has 2 aromatic heterocycles. The molecule has 2 heterocycles. The summed E-state index contributed by atoms with van der Waals surface area (Å²) in [6, 6.07) is 42.4. The summed E-state index contributed by atoms with van der Waals surface area (Å²) < 4.78 is 3.51. The van der Waals surface area contributed by atoms with Crippen LogP contribution in [0.2, 0.25) is 0 Å². The number of hydrogen-bond donors (Lipinski definition) is 0. The number of aromatic nitrogens is 3. The normalized spacial score (nSPS) is 21.7. The molecule has 0 radical (unpaired) electrons. The van der Waals surface area contributed by atoms with Crippen molar-refractivity contribution in [3.63, 3.8) is 0 Å². The van der Waals surface area contributed by atoms with Crippen molar-refractivity contribution in [1.82, 2.24) is 15.0 Å². The molecule has 0 amide bonds. The second-order valence-electron chi connectivity index (χ2n) is 14.4. The maximum absolute atomic E-state index is 9.32. The molecular weight excluding hydrogens is 743 g/mol. The third kappa shape index (κ3) is 5.80. The van der Waals surface area contributed by atoms with Crippen LogP contribution in [0.1, 0.15) is 50.2 Å². The summed E-state index contributed by atoms with van der Waals surface area (Å²) >= 11 is 4.65. The van der Waals surface area contributed by atoms with E-state index in [1.54, 1.807) is 17.7 Å². The number of benzene rings is 5. The summed E-state index contributed by atoms with van der Waals surface area (Å²) in [4.78, 5) is 14.7. The van der Waals surface area contributed by atoms with Crippen molar-refractivity contribution in [2.45, 2.75) is 48.4 Å². The molecule has 5 aromatic carbocycles. The summed E-state index contributed by atoms with van der Waals surface area (Å²) in [6.07, 6.45) is 6.78. The van der Waals surface area contributed by atoms with E-state index in [-0.39, 0.29) is 0 Å². The molecule has 0 spiro atoms. The van der Waals surface area contributed by atoms with Crippen LogP contribution in [-0.4, -0.2) is 18.9 Å². The number of fused-ring (bicyclic) bond motifs is 5. The first-order valence-electron chi connectivity index (χ1n) is 17.5. The Labute approximate surface area is 310 Å². The number of hydrogen-bond acceptors (Lipinski definition) is 5. The Morgan fingerprint density at radius 2 is 1.32 bits per heavy atom. The molecule has 9 rings (SSSR count). The minimum atomic E-state index is 0.331. The number of halogens is 1. The fourth-order valence-corrected chi connectivity index (χ4v) is 11.5. The van der Waals surface area contributed by atoms with Gasteiger partial charge in [-0.2, -0.15) is 5.26 Å². The van der Waals surface area contributed by atoms with Gasteiger partial charge in [-0.3, -0.25) is 0 Å². The lowest BCUT2D eigenvalue weighted by molar-refractivity contribution is 0.117. The summed E-state index contributed by atoms with van der Waals surface area (Å²) in [6.45, 7) is 2.47. The van der Waals surface area contributed by atoms with Crippen LogP contribution in [0.4, 0.5) is 0 Å². The third-order valence-electron chi connectivity index (χ3n) is 10.8. The third-order valence-corrected chi connectivity index (χ3v) is 12.9. The summed E-state index contributed by atoms with van der Waals surface area (Å²) in [5, 5.41) is 12.0. The smallest absolute Gasteiger partial charge is 0.164 e. The molecule has 4 nitrogen and oxygen atoms in total. The molecule has 0 N–H and O–H groups in total. The fraction of sp³-hybridized carbons (Fsp3) is 0.227. The molecule has 2 bridgehead atoms. The van der Waals surface area contributed by atoms with Gasteiger partial charge in [0.1, 0.15) is 0 Å². The maximum atomic E-state index is 9.32. The van der Waals surface area contributed by atoms with Crippen molar-refractivity contribution in [2.75, 3.05) is 0 Å². The predicted molar refractivity (Wildman–Crippen MR) is 214 cm³/mol. The molecule has 0 aliphatic heterocycles. The van der Waals surface area contributed by atoms with E-state index in [4.69, 9.17) is 15.0 Å². The fourth-order valence-electron chi connectivity index (χ4n) is 8.78. The van der Waals surface area contributed by atoms with Crippen LogP contribution in [0.3, 0.4) is 0 Å². The Kier molecular flexibility index (Phi) is 8.01. The van der Waals surface area contributed by atoms with Gasteiger partial charge in [-0.05, 0) is 115 Å². The van der Waals surface area contributed by atoms with Crippen LogP contribution in [0.5, 0.6) is 0 Å². The first-order chi connectivity index (χ1) is 24.4. The van der Waals surface area contributed by atoms with E-state index in [0.717, 1.165) is 38.0 Å². The quantitative estimate of drug-likeness (QED) is 0.129. The minimum absolute atomic E-state index is 0.331. The van der Waals surface area contributed by atoms with Crippen molar-refractivity contribution in [3.05, 3.63) is 126 Å². The van der Waals surface area contributed by atoms with Crippen LogP contribution in [0.25, 0.3) is 65.5 Å². The highest BCUT2D eigenvalue weighted by Gasteiger charge is 2.45. The second-order valence-corrected chi connectivity index (χ2v) is 17.2. The van der Waals surface area contributed by atoms with E-state index in [0.29, 0.717) is 28.5 Å². The summed E-state index contributed by atoms with van der Waals surface area (Å²) in [7, 11) is 0. The average molecular weight is 779 g/mol. The lowest BCUT2D eigenvalue weighted by atomic mass is 9.57.